The highest BCUT2D eigenvalue weighted by Crippen LogP contribution is 1.74. The van der Waals surface area contributed by atoms with Crippen molar-refractivity contribution in [2.75, 3.05) is 13.2 Å². The van der Waals surface area contributed by atoms with Gasteiger partial charge in [0.1, 0.15) is 0 Å². The molecule has 0 aliphatic rings. The van der Waals surface area contributed by atoms with Crippen LogP contribution >= 0.6 is 0 Å². The average molecular weight is 176 g/mol. The fourth-order valence-electron chi connectivity index (χ4n) is 0.508. The van der Waals surface area contributed by atoms with E-state index in [2.05, 4.69) is 11.4 Å². The largest absolute Gasteiger partial charge is 0.419 e. The molecule has 0 aliphatic heterocycles. The topological polar surface area (TPSA) is 18.5 Å². The molecule has 0 aromatic carbocycles. The van der Waals surface area contributed by atoms with Crippen molar-refractivity contribution in [1.82, 2.24) is 0 Å². The van der Waals surface area contributed by atoms with E-state index in [1.54, 1.807) is 0 Å². The van der Waals surface area contributed by atoms with Crippen LogP contribution in [0.5, 0.6) is 0 Å². The average Bonchev–Trinajstić information content (AvgIpc) is 1.97. The first kappa shape index (κ1) is 10.1. The minimum atomic E-state index is -0.343. The number of hydrogen-bond acceptors (Lipinski definition) is 2. The molecule has 0 unspecified atom stereocenters. The number of hydrogen-bond donors (Lipinski definition) is 0. The molecule has 4 heteroatoms. The van der Waals surface area contributed by atoms with Gasteiger partial charge in [0, 0.05) is 13.2 Å². The summed E-state index contributed by atoms with van der Waals surface area (Å²) in [6, 6.07) is 0. The molecule has 0 radical (unpaired) electrons. The fraction of sp³-hybridized carbons (Fsp3) is 0.667. The molecule has 2 nitrogen and oxygen atoms in total. The summed E-state index contributed by atoms with van der Waals surface area (Å²) < 4.78 is 10.5. The van der Waals surface area contributed by atoms with Gasteiger partial charge in [-0.15, -0.1) is 0 Å². The van der Waals surface area contributed by atoms with Crippen LogP contribution < -0.4 is 0 Å². The second-order valence-electron chi connectivity index (χ2n) is 1.79. The molecule has 0 saturated heterocycles. The van der Waals surface area contributed by atoms with Crippen molar-refractivity contribution >= 4 is 19.5 Å². The highest BCUT2D eigenvalue weighted by molar-refractivity contribution is 6.41. The maximum absolute atomic E-state index is 5.23. The first-order valence-electron chi connectivity index (χ1n) is 3.72. The summed E-state index contributed by atoms with van der Waals surface area (Å²) in [6.45, 7) is 5.77. The Morgan fingerprint density at radius 1 is 1.00 bits per heavy atom. The smallest absolute Gasteiger partial charge is 0.184 e. The van der Waals surface area contributed by atoms with Gasteiger partial charge in [-0.2, -0.15) is 0 Å². The second-order valence-corrected chi connectivity index (χ2v) is 4.22. The molecule has 0 aromatic rings. The van der Waals surface area contributed by atoms with Gasteiger partial charge < -0.3 is 8.85 Å². The molecule has 0 heterocycles. The normalized spacial score (nSPS) is 13.4. The second kappa shape index (κ2) is 9.09. The van der Waals surface area contributed by atoms with Gasteiger partial charge in [0.2, 0.25) is 0 Å². The summed E-state index contributed by atoms with van der Waals surface area (Å²) in [5.41, 5.74) is 4.34. The predicted octanol–water partition coefficient (Wildman–Crippen LogP) is -0.302. The fourth-order valence-corrected chi connectivity index (χ4v) is 2.34. The predicted molar refractivity (Wildman–Crippen MR) is 49.5 cm³/mol. The monoisotopic (exact) mass is 176 g/mol. The molecular formula is C6H16O2Si2. The van der Waals surface area contributed by atoms with Crippen LogP contribution in [0.4, 0.5) is 0 Å². The quantitative estimate of drug-likeness (QED) is 0.409. The molecule has 0 aromatic heterocycles. The molecular weight excluding hydrogens is 160 g/mol. The van der Waals surface area contributed by atoms with Crippen molar-refractivity contribution in [3.63, 3.8) is 0 Å². The van der Waals surface area contributed by atoms with Crippen molar-refractivity contribution in [3.05, 3.63) is 11.4 Å². The van der Waals surface area contributed by atoms with Gasteiger partial charge in [-0.3, -0.25) is 0 Å². The molecule has 0 fully saturated rings. The molecule has 0 amide bonds. The third-order valence-electron chi connectivity index (χ3n) is 1.00. The molecule has 0 rings (SSSR count). The molecule has 10 heavy (non-hydrogen) atoms. The Morgan fingerprint density at radius 2 is 1.40 bits per heavy atom. The molecule has 0 N–H and O–H groups in total. The van der Waals surface area contributed by atoms with Crippen molar-refractivity contribution in [2.24, 2.45) is 0 Å². The summed E-state index contributed by atoms with van der Waals surface area (Å²) in [6.07, 6.45) is 0. The molecule has 0 atom stereocenters. The molecule has 0 aliphatic carbocycles. The number of rotatable bonds is 6. The zero-order valence-corrected chi connectivity index (χ0v) is 9.63. The summed E-state index contributed by atoms with van der Waals surface area (Å²) in [7, 11) is -0.685. The van der Waals surface area contributed by atoms with E-state index in [0.717, 1.165) is 13.2 Å². The standard InChI is InChI=1S/C6H16O2Si2/c1-3-7-9-5-6-10-8-4-2/h5-6H,3-4,9-10H2,1-2H3. The van der Waals surface area contributed by atoms with Gasteiger partial charge in [-0.25, -0.2) is 0 Å². The lowest BCUT2D eigenvalue weighted by atomic mass is 10.9. The first-order valence-corrected chi connectivity index (χ1v) is 6.51. The van der Waals surface area contributed by atoms with Crippen LogP contribution in [0.1, 0.15) is 13.8 Å². The lowest BCUT2D eigenvalue weighted by Crippen LogP contribution is -1.97. The summed E-state index contributed by atoms with van der Waals surface area (Å²) in [5.74, 6) is 0. The van der Waals surface area contributed by atoms with Crippen LogP contribution in [0.2, 0.25) is 0 Å². The zero-order chi connectivity index (χ0) is 7.66. The van der Waals surface area contributed by atoms with Crippen LogP contribution in [0.25, 0.3) is 0 Å². The van der Waals surface area contributed by atoms with E-state index in [1.165, 1.54) is 0 Å². The first-order chi connectivity index (χ1) is 4.91. The van der Waals surface area contributed by atoms with E-state index >= 15 is 0 Å². The lowest BCUT2D eigenvalue weighted by molar-refractivity contribution is 0.364. The maximum Gasteiger partial charge on any atom is 0.184 e. The Kier molecular flexibility index (Phi) is 9.18. The highest BCUT2D eigenvalue weighted by Gasteiger charge is 1.79. The Labute approximate surface area is 67.5 Å². The van der Waals surface area contributed by atoms with Crippen LogP contribution in [0.3, 0.4) is 0 Å². The van der Waals surface area contributed by atoms with Crippen molar-refractivity contribution in [1.29, 1.82) is 0 Å². The van der Waals surface area contributed by atoms with Gasteiger partial charge in [0.15, 0.2) is 19.5 Å². The third kappa shape index (κ3) is 8.09. The Morgan fingerprint density at radius 3 is 1.70 bits per heavy atom. The van der Waals surface area contributed by atoms with E-state index in [4.69, 9.17) is 8.85 Å². The van der Waals surface area contributed by atoms with E-state index in [-0.39, 0.29) is 19.5 Å². The van der Waals surface area contributed by atoms with Crippen molar-refractivity contribution in [3.8, 4) is 0 Å². The molecule has 0 spiro atoms. The van der Waals surface area contributed by atoms with Crippen LogP contribution in [-0.4, -0.2) is 32.7 Å². The van der Waals surface area contributed by atoms with E-state index in [9.17, 15) is 0 Å². The van der Waals surface area contributed by atoms with Crippen molar-refractivity contribution in [2.45, 2.75) is 13.8 Å². The summed E-state index contributed by atoms with van der Waals surface area (Å²) in [4.78, 5) is 0. The van der Waals surface area contributed by atoms with Crippen LogP contribution in [0.15, 0.2) is 11.4 Å². The highest BCUT2D eigenvalue weighted by atomic mass is 28.2. The SMILES string of the molecule is CCO[SiH2]C=C[SiH2]OCC. The van der Waals surface area contributed by atoms with Gasteiger partial charge in [-0.05, 0) is 13.8 Å². The summed E-state index contributed by atoms with van der Waals surface area (Å²) in [5, 5.41) is 0. The van der Waals surface area contributed by atoms with Gasteiger partial charge >= 0.3 is 0 Å². The molecule has 60 valence electrons. The third-order valence-corrected chi connectivity index (χ3v) is 4.01. The maximum atomic E-state index is 5.23. The van der Waals surface area contributed by atoms with E-state index in [1.807, 2.05) is 13.8 Å². The van der Waals surface area contributed by atoms with Gasteiger partial charge in [0.25, 0.3) is 0 Å². The molecule has 0 saturated carbocycles. The Hall–Kier alpha value is 0.0938. The molecule has 0 bridgehead atoms. The van der Waals surface area contributed by atoms with E-state index < -0.39 is 0 Å². The van der Waals surface area contributed by atoms with Crippen LogP contribution in [-0.2, 0) is 8.85 Å². The Balaban J connectivity index is 2.89. The minimum absolute atomic E-state index is 0.343. The Bertz CT molecular complexity index is 75.8. The minimum Gasteiger partial charge on any atom is -0.419 e. The summed E-state index contributed by atoms with van der Waals surface area (Å²) >= 11 is 0. The zero-order valence-electron chi connectivity index (χ0n) is 6.80. The van der Waals surface area contributed by atoms with Crippen LogP contribution in [0, 0.1) is 0 Å². The van der Waals surface area contributed by atoms with Crippen molar-refractivity contribution < 1.29 is 8.85 Å². The van der Waals surface area contributed by atoms with Gasteiger partial charge in [-0.1, -0.05) is 11.4 Å². The van der Waals surface area contributed by atoms with Gasteiger partial charge in [0.05, 0.1) is 0 Å². The lowest BCUT2D eigenvalue weighted by Gasteiger charge is -1.93. The van der Waals surface area contributed by atoms with E-state index in [0.29, 0.717) is 0 Å².